The smallest absolute Gasteiger partial charge is 0.0453 e. The maximum atomic E-state index is 3.72. The van der Waals surface area contributed by atoms with Crippen molar-refractivity contribution in [3.8, 4) is 0 Å². The highest BCUT2D eigenvalue weighted by Gasteiger charge is 1.94. The molecule has 58 valence electrons. The van der Waals surface area contributed by atoms with E-state index in [4.69, 9.17) is 0 Å². The summed E-state index contributed by atoms with van der Waals surface area (Å²) in [5, 5.41) is 0. The molecule has 0 unspecified atom stereocenters. The van der Waals surface area contributed by atoms with Gasteiger partial charge in [0, 0.05) is 11.9 Å². The molecule has 0 amide bonds. The van der Waals surface area contributed by atoms with Gasteiger partial charge < -0.3 is 4.98 Å². The molecule has 0 atom stereocenters. The lowest BCUT2D eigenvalue weighted by molar-refractivity contribution is 1.34. The van der Waals surface area contributed by atoms with Crippen LogP contribution in [0.1, 0.15) is 25.1 Å². The minimum Gasteiger partial charge on any atom is -0.361 e. The normalized spacial score (nSPS) is 9.27. The number of aromatic nitrogens is 1. The number of hydrogen-bond acceptors (Lipinski definition) is 0. The molecule has 1 N–H and O–H groups in total. The highest BCUT2D eigenvalue weighted by atomic mass is 14.7. The van der Waals surface area contributed by atoms with Gasteiger partial charge in [0.25, 0.3) is 0 Å². The molecule has 1 nitrogen and oxygen atoms in total. The van der Waals surface area contributed by atoms with Crippen LogP contribution in [-0.2, 0) is 0 Å². The predicted molar refractivity (Wildman–Crippen MR) is 50.2 cm³/mol. The second-order valence-electron chi connectivity index (χ2n) is 2.77. The Morgan fingerprint density at radius 3 is 2.82 bits per heavy atom. The molecule has 0 aliphatic rings. The van der Waals surface area contributed by atoms with Gasteiger partial charge in [0.05, 0.1) is 0 Å². The van der Waals surface area contributed by atoms with E-state index in [0.717, 1.165) is 11.3 Å². The molecule has 0 saturated heterocycles. The quantitative estimate of drug-likeness (QED) is 0.661. The third-order valence-corrected chi connectivity index (χ3v) is 1.47. The predicted octanol–water partition coefficient (Wildman–Crippen LogP) is 3.08. The van der Waals surface area contributed by atoms with Crippen LogP contribution in [0.3, 0.4) is 0 Å². The molecule has 11 heavy (non-hydrogen) atoms. The summed E-state index contributed by atoms with van der Waals surface area (Å²) < 4.78 is 0. The molecule has 0 radical (unpaired) electrons. The zero-order valence-corrected chi connectivity index (χ0v) is 7.02. The van der Waals surface area contributed by atoms with E-state index >= 15 is 0 Å². The van der Waals surface area contributed by atoms with Gasteiger partial charge in [0.15, 0.2) is 0 Å². The average Bonchev–Trinajstić information content (AvgIpc) is 2.34. The summed E-state index contributed by atoms with van der Waals surface area (Å²) in [5.74, 6) is 0. The fourth-order valence-electron chi connectivity index (χ4n) is 0.986. The van der Waals surface area contributed by atoms with Gasteiger partial charge in [-0.15, -0.1) is 0 Å². The van der Waals surface area contributed by atoms with Crippen LogP contribution in [0.15, 0.2) is 24.4 Å². The fraction of sp³-hybridized carbons (Fsp3) is 0.200. The Bertz CT molecular complexity index is 275. The van der Waals surface area contributed by atoms with Crippen molar-refractivity contribution in [1.82, 2.24) is 4.98 Å². The highest BCUT2D eigenvalue weighted by Crippen LogP contribution is 2.11. The first-order valence-electron chi connectivity index (χ1n) is 3.68. The van der Waals surface area contributed by atoms with Crippen molar-refractivity contribution in [3.63, 3.8) is 0 Å². The molecule has 0 bridgehead atoms. The molecule has 0 aliphatic heterocycles. The summed E-state index contributed by atoms with van der Waals surface area (Å²) >= 11 is 0. The molecule has 1 rings (SSSR count). The van der Waals surface area contributed by atoms with Crippen LogP contribution in [0.2, 0.25) is 0 Å². The first-order chi connectivity index (χ1) is 5.24. The van der Waals surface area contributed by atoms with Gasteiger partial charge in [-0.1, -0.05) is 18.2 Å². The van der Waals surface area contributed by atoms with Crippen LogP contribution in [0.5, 0.6) is 0 Å². The molecular formula is C10H13N. The zero-order chi connectivity index (χ0) is 8.27. The molecule has 1 aromatic rings. The summed E-state index contributed by atoms with van der Waals surface area (Å²) in [4.78, 5) is 3.14. The maximum absolute atomic E-state index is 3.72. The van der Waals surface area contributed by atoms with Crippen molar-refractivity contribution in [3.05, 3.63) is 35.7 Å². The lowest BCUT2D eigenvalue weighted by Gasteiger charge is -1.92. The van der Waals surface area contributed by atoms with Gasteiger partial charge in [-0.25, -0.2) is 0 Å². The second kappa shape index (κ2) is 3.24. The van der Waals surface area contributed by atoms with Gasteiger partial charge in [-0.3, -0.25) is 0 Å². The molecule has 0 spiro atoms. The van der Waals surface area contributed by atoms with E-state index in [2.05, 4.69) is 31.5 Å². The van der Waals surface area contributed by atoms with Gasteiger partial charge in [-0.2, -0.15) is 0 Å². The van der Waals surface area contributed by atoms with Gasteiger partial charge >= 0.3 is 0 Å². The SMILES string of the molecule is C=Cc1cc[nH]c1C=C(C)C. The number of H-pyrrole nitrogens is 1. The van der Waals surface area contributed by atoms with Crippen molar-refractivity contribution in [1.29, 1.82) is 0 Å². The van der Waals surface area contributed by atoms with E-state index in [9.17, 15) is 0 Å². The van der Waals surface area contributed by atoms with Gasteiger partial charge in [0.2, 0.25) is 0 Å². The summed E-state index contributed by atoms with van der Waals surface area (Å²) in [6.07, 6.45) is 5.88. The first kappa shape index (κ1) is 7.86. The summed E-state index contributed by atoms with van der Waals surface area (Å²) in [7, 11) is 0. The van der Waals surface area contributed by atoms with E-state index in [1.165, 1.54) is 5.57 Å². The molecule has 1 heteroatoms. The van der Waals surface area contributed by atoms with Crippen molar-refractivity contribution < 1.29 is 0 Å². The number of aromatic amines is 1. The minimum atomic E-state index is 1.14. The van der Waals surface area contributed by atoms with Crippen LogP contribution in [-0.4, -0.2) is 4.98 Å². The number of allylic oxidation sites excluding steroid dienone is 1. The molecular weight excluding hydrogens is 134 g/mol. The molecule has 0 fully saturated rings. The minimum absolute atomic E-state index is 1.14. The Balaban J connectivity index is 3.03. The molecule has 0 saturated carbocycles. The monoisotopic (exact) mass is 147 g/mol. The molecule has 1 aromatic heterocycles. The number of rotatable bonds is 2. The number of hydrogen-bond donors (Lipinski definition) is 1. The number of nitrogens with one attached hydrogen (secondary N) is 1. The van der Waals surface area contributed by atoms with Crippen LogP contribution in [0, 0.1) is 0 Å². The van der Waals surface area contributed by atoms with E-state index in [-0.39, 0.29) is 0 Å². The third-order valence-electron chi connectivity index (χ3n) is 1.47. The Morgan fingerprint density at radius 1 is 1.55 bits per heavy atom. The molecule has 1 heterocycles. The van der Waals surface area contributed by atoms with Gasteiger partial charge in [-0.05, 0) is 31.6 Å². The van der Waals surface area contributed by atoms with Crippen molar-refractivity contribution in [2.75, 3.05) is 0 Å². The topological polar surface area (TPSA) is 15.8 Å². The van der Waals surface area contributed by atoms with Crippen molar-refractivity contribution >= 4 is 12.2 Å². The zero-order valence-electron chi connectivity index (χ0n) is 7.02. The lowest BCUT2D eigenvalue weighted by Crippen LogP contribution is -1.75. The van der Waals surface area contributed by atoms with Crippen molar-refractivity contribution in [2.24, 2.45) is 0 Å². The lowest BCUT2D eigenvalue weighted by atomic mass is 10.2. The standard InChI is InChI=1S/C10H13N/c1-4-9-5-6-11-10(9)7-8(2)3/h4-7,11H,1H2,2-3H3. The molecule has 0 aliphatic carbocycles. The first-order valence-corrected chi connectivity index (χ1v) is 3.68. The van der Waals surface area contributed by atoms with Gasteiger partial charge in [0.1, 0.15) is 0 Å². The van der Waals surface area contributed by atoms with E-state index in [1.807, 2.05) is 18.3 Å². The maximum Gasteiger partial charge on any atom is 0.0453 e. The van der Waals surface area contributed by atoms with Crippen LogP contribution in [0.25, 0.3) is 12.2 Å². The van der Waals surface area contributed by atoms with Crippen LogP contribution in [0.4, 0.5) is 0 Å². The van der Waals surface area contributed by atoms with E-state index < -0.39 is 0 Å². The Morgan fingerprint density at radius 2 is 2.27 bits per heavy atom. The summed E-state index contributed by atoms with van der Waals surface area (Å²) in [5.41, 5.74) is 3.58. The summed E-state index contributed by atoms with van der Waals surface area (Å²) in [6.45, 7) is 7.88. The highest BCUT2D eigenvalue weighted by molar-refractivity contribution is 5.62. The largest absolute Gasteiger partial charge is 0.361 e. The van der Waals surface area contributed by atoms with E-state index in [1.54, 1.807) is 0 Å². The fourth-order valence-corrected chi connectivity index (χ4v) is 0.986. The molecule has 0 aromatic carbocycles. The van der Waals surface area contributed by atoms with Crippen molar-refractivity contribution in [2.45, 2.75) is 13.8 Å². The average molecular weight is 147 g/mol. The Kier molecular flexibility index (Phi) is 2.32. The third kappa shape index (κ3) is 1.84. The summed E-state index contributed by atoms with van der Waals surface area (Å²) in [6, 6.07) is 2.02. The van der Waals surface area contributed by atoms with Crippen LogP contribution >= 0.6 is 0 Å². The van der Waals surface area contributed by atoms with E-state index in [0.29, 0.717) is 0 Å². The Labute approximate surface area is 67.5 Å². The Hall–Kier alpha value is -1.24. The second-order valence-corrected chi connectivity index (χ2v) is 2.77. The van der Waals surface area contributed by atoms with Crippen LogP contribution < -0.4 is 0 Å².